The van der Waals surface area contributed by atoms with Crippen LogP contribution in [0.5, 0.6) is 5.75 Å². The second-order valence-corrected chi connectivity index (χ2v) is 8.61. The summed E-state index contributed by atoms with van der Waals surface area (Å²) in [5, 5.41) is 3.59. The van der Waals surface area contributed by atoms with Crippen molar-refractivity contribution in [3.8, 4) is 5.75 Å². The highest BCUT2D eigenvalue weighted by atomic mass is 32.2. The van der Waals surface area contributed by atoms with Crippen LogP contribution in [-0.2, 0) is 17.2 Å². The standard InChI is InChI=1S/C24H28N2OS/c1-17-13-18(2)22(19(3)14-17)16-25-24-15-20(27-4)11-12-23(24)26-28(5)21-9-7-6-8-10-21/h6-15,25H,16H2,1-5H3. The molecule has 0 radical (unpaired) electrons. The number of benzene rings is 3. The molecule has 146 valence electrons. The molecule has 0 fully saturated rings. The van der Waals surface area contributed by atoms with Crippen molar-refractivity contribution in [1.82, 2.24) is 0 Å². The Morgan fingerprint density at radius 3 is 2.25 bits per heavy atom. The van der Waals surface area contributed by atoms with E-state index in [-0.39, 0.29) is 10.7 Å². The van der Waals surface area contributed by atoms with Crippen LogP contribution in [0.1, 0.15) is 22.3 Å². The van der Waals surface area contributed by atoms with Crippen molar-refractivity contribution >= 4 is 22.1 Å². The summed E-state index contributed by atoms with van der Waals surface area (Å²) in [4.78, 5) is 1.23. The first kappa shape index (κ1) is 20.2. The van der Waals surface area contributed by atoms with Gasteiger partial charge in [-0.05, 0) is 68.0 Å². The molecule has 3 aromatic carbocycles. The Bertz CT molecular complexity index is 974. The van der Waals surface area contributed by atoms with Crippen LogP contribution in [0.4, 0.5) is 11.4 Å². The summed E-state index contributed by atoms with van der Waals surface area (Å²) in [5.41, 5.74) is 7.20. The largest absolute Gasteiger partial charge is 0.497 e. The summed E-state index contributed by atoms with van der Waals surface area (Å²) in [5.74, 6) is 0.828. The highest BCUT2D eigenvalue weighted by Gasteiger charge is 2.08. The zero-order chi connectivity index (χ0) is 20.1. The van der Waals surface area contributed by atoms with Crippen LogP contribution in [0, 0.1) is 20.8 Å². The van der Waals surface area contributed by atoms with E-state index in [4.69, 9.17) is 9.10 Å². The zero-order valence-corrected chi connectivity index (χ0v) is 18.1. The lowest BCUT2D eigenvalue weighted by atomic mass is 10.00. The molecule has 0 heterocycles. The third-order valence-electron chi connectivity index (χ3n) is 4.82. The molecule has 0 saturated heterocycles. The molecule has 0 aromatic heterocycles. The van der Waals surface area contributed by atoms with Gasteiger partial charge in [-0.1, -0.05) is 46.6 Å². The van der Waals surface area contributed by atoms with Gasteiger partial charge >= 0.3 is 0 Å². The highest BCUT2D eigenvalue weighted by Crippen LogP contribution is 2.32. The quantitative estimate of drug-likeness (QED) is 0.530. The molecule has 1 N–H and O–H groups in total. The lowest BCUT2D eigenvalue weighted by Gasteiger charge is -2.15. The van der Waals surface area contributed by atoms with Gasteiger partial charge in [0.2, 0.25) is 0 Å². The first-order valence-electron chi connectivity index (χ1n) is 9.39. The molecule has 0 spiro atoms. The van der Waals surface area contributed by atoms with Crippen LogP contribution in [0.15, 0.2) is 69.9 Å². The average Bonchev–Trinajstić information content (AvgIpc) is 2.68. The predicted octanol–water partition coefficient (Wildman–Crippen LogP) is 6.35. The number of nitrogens with one attached hydrogen (secondary N) is 1. The molecule has 0 amide bonds. The predicted molar refractivity (Wildman–Crippen MR) is 121 cm³/mol. The minimum Gasteiger partial charge on any atom is -0.497 e. The van der Waals surface area contributed by atoms with Crippen LogP contribution in [0.25, 0.3) is 0 Å². The van der Waals surface area contributed by atoms with E-state index in [1.807, 2.05) is 24.3 Å². The summed E-state index contributed by atoms with van der Waals surface area (Å²) in [6.07, 6.45) is 2.15. The molecule has 0 aliphatic heterocycles. The SMILES string of the molecule is COc1ccc(N=S(C)c2ccccc2)c(NCc2c(C)cc(C)cc2C)c1. The molecule has 0 bridgehead atoms. The summed E-state index contributed by atoms with van der Waals surface area (Å²) in [6, 6.07) is 20.9. The highest BCUT2D eigenvalue weighted by molar-refractivity contribution is 7.86. The van der Waals surface area contributed by atoms with Gasteiger partial charge in [0.05, 0.1) is 18.5 Å². The van der Waals surface area contributed by atoms with Gasteiger partial charge in [-0.3, -0.25) is 0 Å². The van der Waals surface area contributed by atoms with Crippen molar-refractivity contribution in [2.75, 3.05) is 18.7 Å². The van der Waals surface area contributed by atoms with Crippen molar-refractivity contribution < 1.29 is 4.74 Å². The van der Waals surface area contributed by atoms with Gasteiger partial charge < -0.3 is 10.1 Å². The molecule has 4 heteroatoms. The Labute approximate surface area is 170 Å². The fourth-order valence-corrected chi connectivity index (χ4v) is 4.46. The Kier molecular flexibility index (Phi) is 6.53. The fraction of sp³-hybridized carbons (Fsp3) is 0.250. The summed E-state index contributed by atoms with van der Waals surface area (Å²) in [6.45, 7) is 7.25. The molecular formula is C24H28N2OS. The summed E-state index contributed by atoms with van der Waals surface area (Å²) in [7, 11) is 1.47. The maximum Gasteiger partial charge on any atom is 0.121 e. The van der Waals surface area contributed by atoms with Gasteiger partial charge in [0.1, 0.15) is 5.75 Å². The Morgan fingerprint density at radius 1 is 0.929 bits per heavy atom. The van der Waals surface area contributed by atoms with Crippen molar-refractivity contribution in [1.29, 1.82) is 0 Å². The van der Waals surface area contributed by atoms with Gasteiger partial charge in [0, 0.05) is 17.5 Å². The van der Waals surface area contributed by atoms with Crippen molar-refractivity contribution in [3.05, 3.63) is 82.9 Å². The van der Waals surface area contributed by atoms with E-state index < -0.39 is 0 Å². The van der Waals surface area contributed by atoms with Gasteiger partial charge in [-0.25, -0.2) is 4.36 Å². The second kappa shape index (κ2) is 9.07. The van der Waals surface area contributed by atoms with E-state index in [1.165, 1.54) is 27.1 Å². The first-order valence-corrected chi connectivity index (χ1v) is 11.0. The average molecular weight is 393 g/mol. The fourth-order valence-electron chi connectivity index (χ4n) is 3.35. The second-order valence-electron chi connectivity index (χ2n) is 7.00. The number of anilines is 1. The van der Waals surface area contributed by atoms with Gasteiger partial charge in [-0.15, -0.1) is 0 Å². The lowest BCUT2D eigenvalue weighted by Crippen LogP contribution is -2.04. The zero-order valence-electron chi connectivity index (χ0n) is 17.2. The minimum absolute atomic E-state index is 0.219. The number of methoxy groups -OCH3 is 1. The van der Waals surface area contributed by atoms with Crippen molar-refractivity contribution in [2.45, 2.75) is 32.2 Å². The van der Waals surface area contributed by atoms with E-state index in [1.54, 1.807) is 7.11 Å². The molecule has 3 nitrogen and oxygen atoms in total. The molecule has 28 heavy (non-hydrogen) atoms. The van der Waals surface area contributed by atoms with Crippen LogP contribution < -0.4 is 10.1 Å². The van der Waals surface area contributed by atoms with Gasteiger partial charge in [-0.2, -0.15) is 0 Å². The number of hydrogen-bond acceptors (Lipinski definition) is 3. The van der Waals surface area contributed by atoms with E-state index >= 15 is 0 Å². The maximum absolute atomic E-state index is 5.44. The monoisotopic (exact) mass is 392 g/mol. The number of hydrogen-bond donors (Lipinski definition) is 1. The Hall–Kier alpha value is -2.59. The smallest absolute Gasteiger partial charge is 0.121 e. The lowest BCUT2D eigenvalue weighted by molar-refractivity contribution is 0.415. The summed E-state index contributed by atoms with van der Waals surface area (Å²) >= 11 is 0. The van der Waals surface area contributed by atoms with Gasteiger partial charge in [0.25, 0.3) is 0 Å². The van der Waals surface area contributed by atoms with E-state index in [9.17, 15) is 0 Å². The molecule has 1 atom stereocenters. The third kappa shape index (κ3) is 4.82. The molecular weight excluding hydrogens is 364 g/mol. The van der Waals surface area contributed by atoms with E-state index in [2.05, 4.69) is 68.7 Å². The van der Waals surface area contributed by atoms with Crippen LogP contribution in [0.2, 0.25) is 0 Å². The van der Waals surface area contributed by atoms with E-state index in [0.717, 1.165) is 23.7 Å². The first-order chi connectivity index (χ1) is 13.5. The minimum atomic E-state index is -0.219. The number of rotatable bonds is 6. The van der Waals surface area contributed by atoms with Crippen molar-refractivity contribution in [2.24, 2.45) is 4.36 Å². The third-order valence-corrected chi connectivity index (χ3v) is 6.24. The maximum atomic E-state index is 5.44. The molecule has 3 rings (SSSR count). The Morgan fingerprint density at radius 2 is 1.61 bits per heavy atom. The van der Waals surface area contributed by atoms with Crippen molar-refractivity contribution in [3.63, 3.8) is 0 Å². The van der Waals surface area contributed by atoms with Crippen LogP contribution in [0.3, 0.4) is 0 Å². The summed E-state index contributed by atoms with van der Waals surface area (Å²) < 4.78 is 10.4. The number of ether oxygens (including phenoxy) is 1. The van der Waals surface area contributed by atoms with Crippen LogP contribution in [-0.4, -0.2) is 13.4 Å². The van der Waals surface area contributed by atoms with Gasteiger partial charge in [0.15, 0.2) is 0 Å². The van der Waals surface area contributed by atoms with E-state index in [0.29, 0.717) is 0 Å². The molecule has 3 aromatic rings. The number of nitrogens with zero attached hydrogens (tertiary/aromatic N) is 1. The Balaban J connectivity index is 1.92. The number of aryl methyl sites for hydroxylation is 3. The molecule has 0 aliphatic rings. The molecule has 0 aliphatic carbocycles. The topological polar surface area (TPSA) is 33.6 Å². The molecule has 1 unspecified atom stereocenters. The normalized spacial score (nSPS) is 12.0. The molecule has 0 saturated carbocycles. The van der Waals surface area contributed by atoms with Crippen LogP contribution >= 0.6 is 0 Å².